The number of nitro groups is 1. The van der Waals surface area contributed by atoms with Gasteiger partial charge in [0.2, 0.25) is 15.8 Å². The van der Waals surface area contributed by atoms with E-state index < -0.39 is 38.2 Å². The number of esters is 1. The Balaban J connectivity index is 2.82. The van der Waals surface area contributed by atoms with E-state index in [2.05, 4.69) is 9.72 Å². The van der Waals surface area contributed by atoms with Crippen LogP contribution < -0.4 is 4.72 Å². The number of aromatic nitrogens is 1. The Bertz CT molecular complexity index is 648. The number of carbonyl (C=O) groups is 1. The van der Waals surface area contributed by atoms with Crippen LogP contribution in [-0.2, 0) is 19.6 Å². The number of rotatable bonds is 7. The summed E-state index contributed by atoms with van der Waals surface area (Å²) in [5.41, 5.74) is -0.518. The molecule has 0 amide bonds. The fourth-order valence-corrected chi connectivity index (χ4v) is 2.58. The molecule has 9 nitrogen and oxygen atoms in total. The molecule has 0 unspecified atom stereocenters. The first-order valence-electron chi connectivity index (χ1n) is 5.63. The Morgan fingerprint density at radius 3 is 2.76 bits per heavy atom. The van der Waals surface area contributed by atoms with E-state index in [1.807, 2.05) is 4.72 Å². The number of carbonyl (C=O) groups excluding carboxylic acids is 1. The first-order valence-corrected chi connectivity index (χ1v) is 7.66. The molecule has 11 heteroatoms. The first-order chi connectivity index (χ1) is 9.75. The van der Waals surface area contributed by atoms with Gasteiger partial charge in [-0.25, -0.2) is 13.4 Å². The third-order valence-electron chi connectivity index (χ3n) is 2.31. The third kappa shape index (κ3) is 5.52. The lowest BCUT2D eigenvalue weighted by atomic mass is 10.3. The second kappa shape index (κ2) is 7.18. The Morgan fingerprint density at radius 2 is 2.19 bits per heavy atom. The summed E-state index contributed by atoms with van der Waals surface area (Å²) in [4.78, 5) is 24.5. The highest BCUT2D eigenvalue weighted by molar-refractivity contribution is 7.92. The van der Waals surface area contributed by atoms with Gasteiger partial charge in [0.25, 0.3) is 0 Å². The van der Waals surface area contributed by atoms with Gasteiger partial charge in [-0.2, -0.15) is 0 Å². The van der Waals surface area contributed by atoms with Crippen LogP contribution in [0.3, 0.4) is 0 Å². The van der Waals surface area contributed by atoms with Gasteiger partial charge in [0, 0.05) is 12.5 Å². The topological polar surface area (TPSA) is 128 Å². The van der Waals surface area contributed by atoms with Gasteiger partial charge in [-0.05, 0) is 12.5 Å². The van der Waals surface area contributed by atoms with Crippen LogP contribution in [-0.4, -0.2) is 37.2 Å². The summed E-state index contributed by atoms with van der Waals surface area (Å²) in [5.74, 6) is -1.42. The normalized spacial score (nSPS) is 11.0. The number of nitrogens with one attached hydrogen (secondary N) is 1. The van der Waals surface area contributed by atoms with Gasteiger partial charge >= 0.3 is 11.7 Å². The molecule has 0 spiro atoms. The maximum absolute atomic E-state index is 11.8. The first kappa shape index (κ1) is 17.1. The number of pyridine rings is 1. The lowest BCUT2D eigenvalue weighted by Gasteiger charge is -2.07. The summed E-state index contributed by atoms with van der Waals surface area (Å²) in [5, 5.41) is 10.7. The van der Waals surface area contributed by atoms with E-state index in [4.69, 9.17) is 11.6 Å². The average molecular weight is 338 g/mol. The number of ether oxygens (including phenoxy) is 1. The molecule has 1 aromatic rings. The minimum atomic E-state index is -3.89. The minimum Gasteiger partial charge on any atom is -0.469 e. The Labute approximate surface area is 125 Å². The third-order valence-corrected chi connectivity index (χ3v) is 3.85. The maximum atomic E-state index is 11.8. The molecule has 0 aliphatic heterocycles. The highest BCUT2D eigenvalue weighted by Gasteiger charge is 2.21. The van der Waals surface area contributed by atoms with Crippen LogP contribution in [0.4, 0.5) is 11.5 Å². The predicted octanol–water partition coefficient (Wildman–Crippen LogP) is 1.34. The molecule has 0 aliphatic rings. The van der Waals surface area contributed by atoms with Crippen LogP contribution in [0, 0.1) is 10.1 Å². The zero-order chi connectivity index (χ0) is 16.0. The van der Waals surface area contributed by atoms with Gasteiger partial charge < -0.3 is 4.74 Å². The van der Waals surface area contributed by atoms with Crippen LogP contribution in [0.2, 0.25) is 5.15 Å². The largest absolute Gasteiger partial charge is 0.469 e. The molecule has 1 aromatic heterocycles. The van der Waals surface area contributed by atoms with Crippen molar-refractivity contribution in [3.63, 3.8) is 0 Å². The van der Waals surface area contributed by atoms with E-state index in [-0.39, 0.29) is 18.0 Å². The van der Waals surface area contributed by atoms with Crippen molar-refractivity contribution in [1.29, 1.82) is 0 Å². The molecule has 0 saturated heterocycles. The van der Waals surface area contributed by atoms with Gasteiger partial charge in [0.15, 0.2) is 0 Å². The van der Waals surface area contributed by atoms with E-state index in [1.165, 1.54) is 13.2 Å². The number of halogens is 1. The van der Waals surface area contributed by atoms with Crippen LogP contribution in [0.1, 0.15) is 12.8 Å². The molecule has 116 valence electrons. The monoisotopic (exact) mass is 337 g/mol. The number of anilines is 1. The van der Waals surface area contributed by atoms with Crippen molar-refractivity contribution in [2.45, 2.75) is 12.8 Å². The van der Waals surface area contributed by atoms with Crippen molar-refractivity contribution in [3.05, 3.63) is 27.4 Å². The van der Waals surface area contributed by atoms with Gasteiger partial charge in [-0.3, -0.25) is 19.6 Å². The number of hydrogen-bond donors (Lipinski definition) is 1. The number of sulfonamides is 1. The van der Waals surface area contributed by atoms with Crippen molar-refractivity contribution >= 4 is 39.1 Å². The average Bonchev–Trinajstić information content (AvgIpc) is 2.37. The lowest BCUT2D eigenvalue weighted by Crippen LogP contribution is -2.19. The summed E-state index contributed by atoms with van der Waals surface area (Å²) >= 11 is 5.59. The van der Waals surface area contributed by atoms with Crippen molar-refractivity contribution in [1.82, 2.24) is 4.98 Å². The molecule has 0 aliphatic carbocycles. The summed E-state index contributed by atoms with van der Waals surface area (Å²) in [6.45, 7) is 0. The van der Waals surface area contributed by atoms with Crippen LogP contribution in [0.5, 0.6) is 0 Å². The van der Waals surface area contributed by atoms with E-state index in [1.54, 1.807) is 0 Å². The smallest absolute Gasteiger partial charge is 0.312 e. The maximum Gasteiger partial charge on any atom is 0.312 e. The standard InChI is InChI=1S/C10H12ClN3O6S/c1-20-9(15)3-2-6-21(18,19)13-10-7(14(16)17)4-5-8(11)12-10/h4-5H,2-3,6H2,1H3,(H,12,13). The Hall–Kier alpha value is -1.94. The molecule has 1 N–H and O–H groups in total. The fraction of sp³-hybridized carbons (Fsp3) is 0.400. The predicted molar refractivity (Wildman–Crippen MR) is 74.6 cm³/mol. The summed E-state index contributed by atoms with van der Waals surface area (Å²) < 4.78 is 29.9. The van der Waals surface area contributed by atoms with E-state index in [0.29, 0.717) is 0 Å². The Morgan fingerprint density at radius 1 is 1.52 bits per heavy atom. The molecule has 0 aromatic carbocycles. The molecule has 0 radical (unpaired) electrons. The summed E-state index contributed by atoms with van der Waals surface area (Å²) in [6, 6.07) is 2.22. The minimum absolute atomic E-state index is 0.0103. The SMILES string of the molecule is COC(=O)CCCS(=O)(=O)Nc1nc(Cl)ccc1[N+](=O)[O-]. The molecule has 21 heavy (non-hydrogen) atoms. The number of hydrogen-bond acceptors (Lipinski definition) is 7. The van der Waals surface area contributed by atoms with Gasteiger partial charge in [-0.15, -0.1) is 0 Å². The molecule has 0 bridgehead atoms. The summed E-state index contributed by atoms with van der Waals surface area (Å²) in [6.07, 6.45) is -0.0706. The lowest BCUT2D eigenvalue weighted by molar-refractivity contribution is -0.384. The van der Waals surface area contributed by atoms with Crippen molar-refractivity contribution in [2.24, 2.45) is 0 Å². The molecule has 0 atom stereocenters. The molecule has 1 heterocycles. The zero-order valence-electron chi connectivity index (χ0n) is 10.9. The number of nitrogens with zero attached hydrogens (tertiary/aromatic N) is 2. The van der Waals surface area contributed by atoms with E-state index in [0.717, 1.165) is 6.07 Å². The highest BCUT2D eigenvalue weighted by Crippen LogP contribution is 2.25. The quantitative estimate of drug-likeness (QED) is 0.344. The fourth-order valence-electron chi connectivity index (χ4n) is 1.36. The molecule has 0 saturated carbocycles. The van der Waals surface area contributed by atoms with E-state index in [9.17, 15) is 23.3 Å². The second-order valence-electron chi connectivity index (χ2n) is 3.86. The van der Waals surface area contributed by atoms with Crippen molar-refractivity contribution < 1.29 is 22.9 Å². The van der Waals surface area contributed by atoms with Gasteiger partial charge in [-0.1, -0.05) is 11.6 Å². The molecular formula is C10H12ClN3O6S. The van der Waals surface area contributed by atoms with Crippen LogP contribution >= 0.6 is 11.6 Å². The van der Waals surface area contributed by atoms with Gasteiger partial charge in [0.05, 0.1) is 17.8 Å². The molecular weight excluding hydrogens is 326 g/mol. The van der Waals surface area contributed by atoms with E-state index >= 15 is 0 Å². The molecule has 1 rings (SSSR count). The van der Waals surface area contributed by atoms with Gasteiger partial charge in [0.1, 0.15) is 5.15 Å². The van der Waals surface area contributed by atoms with Crippen LogP contribution in [0.25, 0.3) is 0 Å². The van der Waals surface area contributed by atoms with Crippen molar-refractivity contribution in [3.8, 4) is 0 Å². The second-order valence-corrected chi connectivity index (χ2v) is 6.09. The summed E-state index contributed by atoms with van der Waals surface area (Å²) in [7, 11) is -2.71. The van der Waals surface area contributed by atoms with Crippen LogP contribution in [0.15, 0.2) is 12.1 Å². The van der Waals surface area contributed by atoms with Crippen molar-refractivity contribution in [2.75, 3.05) is 17.6 Å². The number of methoxy groups -OCH3 is 1. The highest BCUT2D eigenvalue weighted by atomic mass is 35.5. The Kier molecular flexibility index (Phi) is 5.85. The zero-order valence-corrected chi connectivity index (χ0v) is 12.5. The molecule has 0 fully saturated rings.